The number of hydrogen-bond donors (Lipinski definition) is 0. The molecule has 0 unspecified atom stereocenters. The van der Waals surface area contributed by atoms with Crippen molar-refractivity contribution in [3.05, 3.63) is 48.5 Å². The maximum atomic E-state index is 10.9. The molecule has 0 aliphatic rings. The minimum absolute atomic E-state index is 0.266. The molecular formula is C21H21NO4S2. The van der Waals surface area contributed by atoms with Crippen LogP contribution in [0.1, 0.15) is 6.92 Å². The molecule has 5 nitrogen and oxygen atoms in total. The highest BCUT2D eigenvalue weighted by atomic mass is 32.2. The second kappa shape index (κ2) is 9.61. The molecule has 1 aromatic heterocycles. The van der Waals surface area contributed by atoms with E-state index in [9.17, 15) is 4.79 Å². The van der Waals surface area contributed by atoms with Crippen molar-refractivity contribution in [2.75, 3.05) is 26.6 Å². The molecule has 0 fully saturated rings. The fourth-order valence-electron chi connectivity index (χ4n) is 2.56. The van der Waals surface area contributed by atoms with Crippen LogP contribution in [0, 0.1) is 0 Å². The molecule has 0 atom stereocenters. The third-order valence-electron chi connectivity index (χ3n) is 3.94. The van der Waals surface area contributed by atoms with Crippen LogP contribution in [0.15, 0.2) is 52.9 Å². The van der Waals surface area contributed by atoms with Crippen LogP contribution in [-0.4, -0.2) is 37.5 Å². The van der Waals surface area contributed by atoms with Crippen LogP contribution < -0.4 is 9.47 Å². The Labute approximate surface area is 172 Å². The number of benzene rings is 2. The predicted molar refractivity (Wildman–Crippen MR) is 113 cm³/mol. The van der Waals surface area contributed by atoms with Crippen LogP contribution in [0.25, 0.3) is 21.7 Å². The molecule has 3 rings (SSSR count). The van der Waals surface area contributed by atoms with E-state index >= 15 is 0 Å². The van der Waals surface area contributed by atoms with Crippen molar-refractivity contribution in [1.82, 2.24) is 4.98 Å². The van der Waals surface area contributed by atoms with E-state index in [0.717, 1.165) is 37.5 Å². The first-order valence-corrected chi connectivity index (χ1v) is 10.5. The average Bonchev–Trinajstić information content (AvgIpc) is 3.15. The van der Waals surface area contributed by atoms with Crippen molar-refractivity contribution < 1.29 is 19.0 Å². The number of aromatic nitrogens is 1. The standard InChI is InChI=1S/C21H21NO4S2/c1-14(23)26-12-13-27-21-22-19(15-4-8-17(24-2)9-5-15)20(28-21)16-6-10-18(25-3)11-7-16/h4-11H,12-13H2,1-3H3. The van der Waals surface area contributed by atoms with Gasteiger partial charge in [-0.05, 0) is 54.1 Å². The van der Waals surface area contributed by atoms with E-state index in [0.29, 0.717) is 12.4 Å². The number of thioether (sulfide) groups is 1. The zero-order valence-electron chi connectivity index (χ0n) is 15.9. The first-order valence-electron chi connectivity index (χ1n) is 8.66. The van der Waals surface area contributed by atoms with E-state index in [4.69, 9.17) is 19.2 Å². The molecule has 0 amide bonds. The van der Waals surface area contributed by atoms with E-state index in [1.165, 1.54) is 6.92 Å². The van der Waals surface area contributed by atoms with Gasteiger partial charge in [-0.25, -0.2) is 4.98 Å². The third kappa shape index (κ3) is 5.05. The summed E-state index contributed by atoms with van der Waals surface area (Å²) >= 11 is 3.21. The number of hydrogen-bond acceptors (Lipinski definition) is 7. The average molecular weight is 416 g/mol. The van der Waals surface area contributed by atoms with Crippen LogP contribution >= 0.6 is 23.1 Å². The Balaban J connectivity index is 1.91. The summed E-state index contributed by atoms with van der Waals surface area (Å²) in [5, 5.41) is 0. The lowest BCUT2D eigenvalue weighted by molar-refractivity contribution is -0.140. The Kier molecular flexibility index (Phi) is 6.95. The highest BCUT2D eigenvalue weighted by molar-refractivity contribution is 8.01. The molecule has 0 aliphatic heterocycles. The lowest BCUT2D eigenvalue weighted by atomic mass is 10.1. The summed E-state index contributed by atoms with van der Waals surface area (Å²) in [6, 6.07) is 15.8. The van der Waals surface area contributed by atoms with Gasteiger partial charge in [-0.1, -0.05) is 11.8 Å². The number of esters is 1. The van der Waals surface area contributed by atoms with Gasteiger partial charge in [0.1, 0.15) is 18.1 Å². The van der Waals surface area contributed by atoms with Crippen LogP contribution in [0.3, 0.4) is 0 Å². The van der Waals surface area contributed by atoms with Crippen molar-refractivity contribution in [1.29, 1.82) is 0 Å². The summed E-state index contributed by atoms with van der Waals surface area (Å²) in [5.74, 6) is 2.02. The Morgan fingerprint density at radius 1 is 0.964 bits per heavy atom. The molecule has 146 valence electrons. The summed E-state index contributed by atoms with van der Waals surface area (Å²) in [7, 11) is 3.31. The van der Waals surface area contributed by atoms with Crippen LogP contribution in [0.5, 0.6) is 11.5 Å². The Morgan fingerprint density at radius 3 is 2.07 bits per heavy atom. The molecule has 0 saturated carbocycles. The SMILES string of the molecule is COc1ccc(-c2nc(SCCOC(C)=O)sc2-c2ccc(OC)cc2)cc1. The fraction of sp³-hybridized carbons (Fsp3) is 0.238. The summed E-state index contributed by atoms with van der Waals surface area (Å²) in [6.45, 7) is 1.78. The first-order chi connectivity index (χ1) is 13.6. The molecular weight excluding hydrogens is 394 g/mol. The summed E-state index contributed by atoms with van der Waals surface area (Å²) < 4.78 is 16.5. The lowest BCUT2D eigenvalue weighted by Gasteiger charge is -2.05. The maximum absolute atomic E-state index is 10.9. The molecule has 0 bridgehead atoms. The quantitative estimate of drug-likeness (QED) is 0.288. The zero-order chi connectivity index (χ0) is 19.9. The fourth-order valence-corrected chi connectivity index (χ4v) is 4.62. The normalized spacial score (nSPS) is 10.5. The third-order valence-corrected chi connectivity index (χ3v) is 6.15. The number of nitrogens with zero attached hydrogens (tertiary/aromatic N) is 1. The van der Waals surface area contributed by atoms with E-state index in [-0.39, 0.29) is 5.97 Å². The van der Waals surface area contributed by atoms with Crippen molar-refractivity contribution in [2.24, 2.45) is 0 Å². The second-order valence-electron chi connectivity index (χ2n) is 5.80. The topological polar surface area (TPSA) is 57.7 Å². The van der Waals surface area contributed by atoms with E-state index in [2.05, 4.69) is 0 Å². The van der Waals surface area contributed by atoms with Crippen molar-refractivity contribution in [3.8, 4) is 33.2 Å². The Morgan fingerprint density at radius 2 is 1.54 bits per heavy atom. The first kappa shape index (κ1) is 20.2. The van der Waals surface area contributed by atoms with Gasteiger partial charge in [-0.3, -0.25) is 4.79 Å². The van der Waals surface area contributed by atoms with Crippen molar-refractivity contribution in [3.63, 3.8) is 0 Å². The summed E-state index contributed by atoms with van der Waals surface area (Å²) in [5.41, 5.74) is 3.03. The molecule has 0 saturated heterocycles. The van der Waals surface area contributed by atoms with Crippen molar-refractivity contribution >= 4 is 29.1 Å². The molecule has 0 spiro atoms. The van der Waals surface area contributed by atoms with Gasteiger partial charge in [0.05, 0.1) is 24.8 Å². The monoisotopic (exact) mass is 415 g/mol. The molecule has 7 heteroatoms. The number of carbonyl (C=O) groups is 1. The largest absolute Gasteiger partial charge is 0.497 e. The van der Waals surface area contributed by atoms with Crippen molar-refractivity contribution in [2.45, 2.75) is 11.3 Å². The number of rotatable bonds is 8. The second-order valence-corrected chi connectivity index (χ2v) is 8.14. The molecule has 3 aromatic rings. The smallest absolute Gasteiger partial charge is 0.302 e. The van der Waals surface area contributed by atoms with Gasteiger partial charge in [0.2, 0.25) is 0 Å². The van der Waals surface area contributed by atoms with Crippen LogP contribution in [0.4, 0.5) is 0 Å². The van der Waals surface area contributed by atoms with E-state index < -0.39 is 0 Å². The molecule has 1 heterocycles. The number of methoxy groups -OCH3 is 2. The predicted octanol–water partition coefficient (Wildman–Crippen LogP) is 5.15. The lowest BCUT2D eigenvalue weighted by Crippen LogP contribution is -2.02. The molecule has 2 aromatic carbocycles. The zero-order valence-corrected chi connectivity index (χ0v) is 17.6. The Bertz CT molecular complexity index is 856. The van der Waals surface area contributed by atoms with Crippen LogP contribution in [0.2, 0.25) is 0 Å². The molecule has 28 heavy (non-hydrogen) atoms. The minimum Gasteiger partial charge on any atom is -0.497 e. The number of carbonyl (C=O) groups excluding carboxylic acids is 1. The summed E-state index contributed by atoms with van der Waals surface area (Å²) in [4.78, 5) is 16.8. The van der Waals surface area contributed by atoms with Crippen LogP contribution in [-0.2, 0) is 9.53 Å². The van der Waals surface area contributed by atoms with Gasteiger partial charge in [-0.15, -0.1) is 11.3 Å². The highest BCUT2D eigenvalue weighted by Gasteiger charge is 2.16. The molecule has 0 radical (unpaired) electrons. The van der Waals surface area contributed by atoms with Gasteiger partial charge in [-0.2, -0.15) is 0 Å². The van der Waals surface area contributed by atoms with E-state index in [1.807, 2.05) is 48.5 Å². The van der Waals surface area contributed by atoms with Gasteiger partial charge in [0, 0.05) is 18.2 Å². The van der Waals surface area contributed by atoms with Gasteiger partial charge in [0.25, 0.3) is 0 Å². The minimum atomic E-state index is -0.266. The highest BCUT2D eigenvalue weighted by Crippen LogP contribution is 2.41. The maximum Gasteiger partial charge on any atom is 0.302 e. The number of ether oxygens (including phenoxy) is 3. The van der Waals surface area contributed by atoms with Gasteiger partial charge in [0.15, 0.2) is 4.34 Å². The Hall–Kier alpha value is -2.51. The van der Waals surface area contributed by atoms with Gasteiger partial charge < -0.3 is 14.2 Å². The van der Waals surface area contributed by atoms with Gasteiger partial charge >= 0.3 is 5.97 Å². The number of thiazole rings is 1. The molecule has 0 aliphatic carbocycles. The molecule has 0 N–H and O–H groups in total. The summed E-state index contributed by atoms with van der Waals surface area (Å²) in [6.07, 6.45) is 0. The van der Waals surface area contributed by atoms with E-state index in [1.54, 1.807) is 37.3 Å².